The van der Waals surface area contributed by atoms with Crippen molar-refractivity contribution in [3.8, 4) is 5.88 Å². The number of carbonyl (C=O) groups is 1. The number of rotatable bonds is 8. The number of aliphatic hydroxyl groups excluding tert-OH is 1. The smallest absolute Gasteiger partial charge is 0.258 e. The zero-order chi connectivity index (χ0) is 24.7. The molecule has 1 fully saturated rings. The van der Waals surface area contributed by atoms with Crippen LogP contribution in [0.4, 0.5) is 5.69 Å². The van der Waals surface area contributed by atoms with Crippen LogP contribution >= 0.6 is 11.6 Å². The van der Waals surface area contributed by atoms with Gasteiger partial charge in [0, 0.05) is 38.3 Å². The molecule has 0 radical (unpaired) electrons. The van der Waals surface area contributed by atoms with Crippen LogP contribution in [-0.2, 0) is 21.4 Å². The highest BCUT2D eigenvalue weighted by Crippen LogP contribution is 2.46. The van der Waals surface area contributed by atoms with Crippen molar-refractivity contribution >= 4 is 39.3 Å². The molecule has 1 aliphatic carbocycles. The van der Waals surface area contributed by atoms with Crippen molar-refractivity contribution in [3.05, 3.63) is 52.2 Å². The maximum Gasteiger partial charge on any atom is 0.258 e. The minimum absolute atomic E-state index is 0.0826. The van der Waals surface area contributed by atoms with Crippen LogP contribution < -0.4 is 15.0 Å². The number of aromatic nitrogens is 2. The van der Waals surface area contributed by atoms with E-state index in [-0.39, 0.29) is 24.6 Å². The number of aliphatic hydroxyl groups is 1. The Kier molecular flexibility index (Phi) is 6.56. The van der Waals surface area contributed by atoms with Crippen molar-refractivity contribution < 1.29 is 23.1 Å². The topological polar surface area (TPSA) is 125 Å². The van der Waals surface area contributed by atoms with Crippen LogP contribution in [0.2, 0.25) is 5.02 Å². The minimum Gasteiger partial charge on any atom is -0.473 e. The highest BCUT2D eigenvalue weighted by Gasteiger charge is 2.56. The van der Waals surface area contributed by atoms with Crippen molar-refractivity contribution in [1.29, 1.82) is 0 Å². The van der Waals surface area contributed by atoms with Crippen LogP contribution in [0.25, 0.3) is 6.08 Å². The molecule has 1 aliphatic heterocycles. The molecule has 1 atom stereocenters. The van der Waals surface area contributed by atoms with Crippen LogP contribution in [0.3, 0.4) is 0 Å². The van der Waals surface area contributed by atoms with Gasteiger partial charge in [0.2, 0.25) is 10.0 Å². The molecule has 12 heteroatoms. The quantitative estimate of drug-likeness (QED) is 0.549. The van der Waals surface area contributed by atoms with Gasteiger partial charge in [-0.3, -0.25) is 4.79 Å². The van der Waals surface area contributed by atoms with Crippen molar-refractivity contribution in [2.75, 3.05) is 32.6 Å². The molecule has 2 aromatic rings. The lowest BCUT2D eigenvalue weighted by molar-refractivity contribution is -0.118. The van der Waals surface area contributed by atoms with E-state index >= 15 is 0 Å². The molecule has 34 heavy (non-hydrogen) atoms. The first-order chi connectivity index (χ1) is 16.1. The van der Waals surface area contributed by atoms with Gasteiger partial charge in [0.05, 0.1) is 11.8 Å². The van der Waals surface area contributed by atoms with Crippen LogP contribution in [0, 0.1) is 0 Å². The third kappa shape index (κ3) is 4.48. The second-order valence-electron chi connectivity index (χ2n) is 8.61. The summed E-state index contributed by atoms with van der Waals surface area (Å²) in [6, 6.07) is 7.07. The summed E-state index contributed by atoms with van der Waals surface area (Å²) in [5.41, 5.74) is 1.95. The molecule has 2 N–H and O–H groups in total. The first-order valence-corrected chi connectivity index (χ1v) is 12.4. The number of nitrogens with zero attached hydrogens (tertiary/aromatic N) is 4. The third-order valence-corrected chi connectivity index (χ3v) is 8.90. The zero-order valence-corrected chi connectivity index (χ0v) is 20.6. The number of nitrogens with one attached hydrogen (secondary N) is 1. The summed E-state index contributed by atoms with van der Waals surface area (Å²) >= 11 is 5.89. The van der Waals surface area contributed by atoms with E-state index in [1.165, 1.54) is 35.6 Å². The fraction of sp³-hybridized carbons (Fsp3) is 0.409. The molecule has 182 valence electrons. The number of amides is 1. The first kappa shape index (κ1) is 24.4. The molecule has 1 aromatic carbocycles. The lowest BCUT2D eigenvalue weighted by Gasteiger charge is -2.33. The Morgan fingerprint density at radius 3 is 2.62 bits per heavy atom. The summed E-state index contributed by atoms with van der Waals surface area (Å²) in [7, 11) is 1.08. The number of anilines is 1. The molecule has 0 bridgehead atoms. The molecule has 4 rings (SSSR count). The average Bonchev–Trinajstić information content (AvgIpc) is 3.61. The van der Waals surface area contributed by atoms with Gasteiger partial charge in [0.15, 0.2) is 6.23 Å². The first-order valence-electron chi connectivity index (χ1n) is 10.6. The summed E-state index contributed by atoms with van der Waals surface area (Å²) in [5, 5.41) is 22.2. The van der Waals surface area contributed by atoms with Crippen molar-refractivity contribution in [3.63, 3.8) is 0 Å². The summed E-state index contributed by atoms with van der Waals surface area (Å²) in [5.74, 6) is -0.343. The molecule has 1 aromatic heterocycles. The Morgan fingerprint density at radius 1 is 1.32 bits per heavy atom. The van der Waals surface area contributed by atoms with Gasteiger partial charge in [-0.05, 0) is 36.6 Å². The van der Waals surface area contributed by atoms with E-state index in [9.17, 15) is 18.3 Å². The van der Waals surface area contributed by atoms with Gasteiger partial charge in [0.25, 0.3) is 11.8 Å². The fourth-order valence-electron chi connectivity index (χ4n) is 3.78. The molecule has 1 saturated carbocycles. The maximum absolute atomic E-state index is 12.8. The number of ether oxygens (including phenoxy) is 1. The zero-order valence-electron chi connectivity index (χ0n) is 19.0. The number of benzene rings is 1. The number of hydrogen-bond donors (Lipinski definition) is 2. The predicted octanol–water partition coefficient (Wildman–Crippen LogP) is 1.40. The molecule has 10 nitrogen and oxygen atoms in total. The number of fused-ring (bicyclic) bond motifs is 1. The van der Waals surface area contributed by atoms with E-state index in [0.29, 0.717) is 29.1 Å². The molecule has 2 heterocycles. The maximum atomic E-state index is 12.8. The fourth-order valence-corrected chi connectivity index (χ4v) is 5.51. The second kappa shape index (κ2) is 9.14. The Hall–Kier alpha value is -2.73. The Bertz CT molecular complexity index is 1230. The standard InChI is InChI=1S/C22H26ClN5O5S/c1-27(2)34(31,32)22(8-9-22)13-33-20-18-15(12-25-26-20)10-17(21(30)28(18)3)19(29)24-11-14-4-6-16(23)7-5-14/h4-7,10,12,21,30H,8-9,11,13H2,1-3H3,(H,24,29). The van der Waals surface area contributed by atoms with E-state index in [4.69, 9.17) is 16.3 Å². The van der Waals surface area contributed by atoms with E-state index in [0.717, 1.165) is 5.56 Å². The van der Waals surface area contributed by atoms with Crippen LogP contribution in [-0.4, -0.2) is 72.7 Å². The Balaban J connectivity index is 1.53. The molecular weight excluding hydrogens is 482 g/mol. The van der Waals surface area contributed by atoms with Gasteiger partial charge >= 0.3 is 0 Å². The van der Waals surface area contributed by atoms with E-state index in [1.807, 2.05) is 0 Å². The second-order valence-corrected chi connectivity index (χ2v) is 11.6. The monoisotopic (exact) mass is 507 g/mol. The van der Waals surface area contributed by atoms with E-state index in [1.54, 1.807) is 31.3 Å². The summed E-state index contributed by atoms with van der Waals surface area (Å²) in [6.45, 7) is 0.183. The molecule has 0 spiro atoms. The largest absolute Gasteiger partial charge is 0.473 e. The number of likely N-dealkylation sites (N-methyl/N-ethyl adjacent to an activating group) is 1. The van der Waals surface area contributed by atoms with Gasteiger partial charge in [-0.1, -0.05) is 23.7 Å². The summed E-state index contributed by atoms with van der Waals surface area (Å²) in [4.78, 5) is 14.3. The minimum atomic E-state index is -3.51. The Labute approximate surface area is 203 Å². The van der Waals surface area contributed by atoms with Crippen LogP contribution in [0.1, 0.15) is 24.0 Å². The third-order valence-electron chi connectivity index (χ3n) is 6.07. The molecule has 0 saturated heterocycles. The van der Waals surface area contributed by atoms with Gasteiger partial charge < -0.3 is 20.1 Å². The highest BCUT2D eigenvalue weighted by molar-refractivity contribution is 7.90. The predicted molar refractivity (Wildman–Crippen MR) is 128 cm³/mol. The summed E-state index contributed by atoms with van der Waals surface area (Å²) < 4.78 is 31.3. The molecular formula is C22H26ClN5O5S. The van der Waals surface area contributed by atoms with Crippen LogP contribution in [0.15, 0.2) is 36.0 Å². The SMILES string of the molecule is CN1c2c(cnnc2OCC2(S(=O)(=O)N(C)C)CC2)C=C(C(=O)NCc2ccc(Cl)cc2)C1O. The van der Waals surface area contributed by atoms with Crippen LogP contribution in [0.5, 0.6) is 5.88 Å². The normalized spacial score (nSPS) is 18.8. The van der Waals surface area contributed by atoms with Crippen molar-refractivity contribution in [2.45, 2.75) is 30.4 Å². The summed E-state index contributed by atoms with van der Waals surface area (Å²) in [6.07, 6.45) is 2.71. The lowest BCUT2D eigenvalue weighted by Crippen LogP contribution is -2.42. The molecule has 2 aliphatic rings. The number of halogens is 1. The van der Waals surface area contributed by atoms with Gasteiger partial charge in [-0.2, -0.15) is 5.10 Å². The number of carbonyl (C=O) groups excluding carboxylic acids is 1. The Morgan fingerprint density at radius 2 is 2.00 bits per heavy atom. The average molecular weight is 508 g/mol. The van der Waals surface area contributed by atoms with E-state index < -0.39 is 26.9 Å². The number of sulfonamides is 1. The van der Waals surface area contributed by atoms with Gasteiger partial charge in [-0.15, -0.1) is 5.10 Å². The lowest BCUT2D eigenvalue weighted by atomic mass is 10.0. The molecule has 1 unspecified atom stereocenters. The van der Waals surface area contributed by atoms with Crippen molar-refractivity contribution in [2.24, 2.45) is 0 Å². The highest BCUT2D eigenvalue weighted by atomic mass is 35.5. The van der Waals surface area contributed by atoms with Gasteiger partial charge in [0.1, 0.15) is 17.0 Å². The molecule has 1 amide bonds. The number of hydrogen-bond acceptors (Lipinski definition) is 8. The van der Waals surface area contributed by atoms with E-state index in [2.05, 4.69) is 15.5 Å². The van der Waals surface area contributed by atoms with Crippen molar-refractivity contribution in [1.82, 2.24) is 19.8 Å². The van der Waals surface area contributed by atoms with Gasteiger partial charge in [-0.25, -0.2) is 12.7 Å².